The Morgan fingerprint density at radius 2 is 1.82 bits per heavy atom. The van der Waals surface area contributed by atoms with E-state index in [0.717, 1.165) is 67.5 Å². The zero-order valence-electron chi connectivity index (χ0n) is 22.8. The van der Waals surface area contributed by atoms with E-state index in [1.54, 1.807) is 4.68 Å². The van der Waals surface area contributed by atoms with Crippen molar-refractivity contribution in [2.75, 3.05) is 39.5 Å². The number of amides is 1. The Morgan fingerprint density at radius 1 is 1.08 bits per heavy atom. The second kappa shape index (κ2) is 14.3. The molecule has 9 nitrogen and oxygen atoms in total. The standard InChI is InChI=1S/C29H39BN4O5/c1-22(2)18-28(30(36)37)31-29(35)21-34-27(23-8-4-3-5-9-23)20-26(32-34)24-10-6-11-25(19-24)39-15-7-12-33-13-16-38-17-14-33/h3-6,8-11,19-20,22,28,36-37H,7,12-18,21H2,1-2H3,(H,31,35)/t28-/m0/s1. The van der Waals surface area contributed by atoms with Crippen molar-refractivity contribution >= 4 is 13.0 Å². The molecule has 3 N–H and O–H groups in total. The molecule has 0 saturated carbocycles. The third kappa shape index (κ3) is 8.66. The Bertz CT molecular complexity index is 1180. The van der Waals surface area contributed by atoms with Crippen molar-refractivity contribution in [2.24, 2.45) is 5.92 Å². The summed E-state index contributed by atoms with van der Waals surface area (Å²) < 4.78 is 13.1. The van der Waals surface area contributed by atoms with Gasteiger partial charge in [-0.1, -0.05) is 56.3 Å². The summed E-state index contributed by atoms with van der Waals surface area (Å²) >= 11 is 0. The minimum absolute atomic E-state index is 0.0523. The Balaban J connectivity index is 1.47. The maximum absolute atomic E-state index is 12.9. The highest BCUT2D eigenvalue weighted by atomic mass is 16.5. The summed E-state index contributed by atoms with van der Waals surface area (Å²) in [6.07, 6.45) is 1.39. The molecule has 4 rings (SSSR count). The SMILES string of the molecule is CC(C)C[C@H](NC(=O)Cn1nc(-c2cccc(OCCCN3CCOCC3)c2)cc1-c1ccccc1)B(O)O. The van der Waals surface area contributed by atoms with Gasteiger partial charge >= 0.3 is 7.12 Å². The Labute approximate surface area is 230 Å². The summed E-state index contributed by atoms with van der Waals surface area (Å²) in [5.74, 6) is -0.110. The lowest BCUT2D eigenvalue weighted by Crippen LogP contribution is -2.48. The van der Waals surface area contributed by atoms with Gasteiger partial charge in [-0.15, -0.1) is 0 Å². The number of aromatic nitrogens is 2. The summed E-state index contributed by atoms with van der Waals surface area (Å²) in [5, 5.41) is 27.0. The molecule has 1 amide bonds. The van der Waals surface area contributed by atoms with Crippen LogP contribution in [-0.4, -0.2) is 83.2 Å². The predicted molar refractivity (Wildman–Crippen MR) is 152 cm³/mol. The zero-order valence-corrected chi connectivity index (χ0v) is 22.8. The van der Waals surface area contributed by atoms with Crippen LogP contribution in [0.4, 0.5) is 0 Å². The number of hydrogen-bond donors (Lipinski definition) is 3. The molecule has 0 unspecified atom stereocenters. The van der Waals surface area contributed by atoms with Crippen LogP contribution in [0.5, 0.6) is 5.75 Å². The average Bonchev–Trinajstić information content (AvgIpc) is 3.35. The van der Waals surface area contributed by atoms with E-state index in [2.05, 4.69) is 10.2 Å². The summed E-state index contributed by atoms with van der Waals surface area (Å²) in [4.78, 5) is 15.3. The summed E-state index contributed by atoms with van der Waals surface area (Å²) in [6, 6.07) is 19.6. The summed E-state index contributed by atoms with van der Waals surface area (Å²) in [5.41, 5.74) is 3.34. The van der Waals surface area contributed by atoms with E-state index in [4.69, 9.17) is 14.6 Å². The number of hydrogen-bond acceptors (Lipinski definition) is 7. The van der Waals surface area contributed by atoms with Crippen molar-refractivity contribution in [1.29, 1.82) is 0 Å². The highest BCUT2D eigenvalue weighted by molar-refractivity contribution is 6.43. The number of nitrogens with one attached hydrogen (secondary N) is 1. The Kier molecular flexibility index (Phi) is 10.6. The molecule has 10 heteroatoms. The highest BCUT2D eigenvalue weighted by Crippen LogP contribution is 2.28. The van der Waals surface area contributed by atoms with E-state index in [1.165, 1.54) is 0 Å². The molecule has 2 heterocycles. The minimum atomic E-state index is -1.63. The van der Waals surface area contributed by atoms with E-state index in [-0.39, 0.29) is 18.4 Å². The number of benzene rings is 2. The fraction of sp³-hybridized carbons (Fsp3) is 0.448. The van der Waals surface area contributed by atoms with Gasteiger partial charge in [0.15, 0.2) is 0 Å². The lowest BCUT2D eigenvalue weighted by molar-refractivity contribution is -0.122. The van der Waals surface area contributed by atoms with Crippen molar-refractivity contribution in [3.05, 3.63) is 60.7 Å². The van der Waals surface area contributed by atoms with Gasteiger partial charge in [-0.3, -0.25) is 14.4 Å². The Morgan fingerprint density at radius 3 is 2.54 bits per heavy atom. The minimum Gasteiger partial charge on any atom is -0.494 e. The molecule has 1 aliphatic rings. The number of carbonyl (C=O) groups is 1. The fourth-order valence-corrected chi connectivity index (χ4v) is 4.72. The van der Waals surface area contributed by atoms with Gasteiger partial charge in [0.2, 0.25) is 5.91 Å². The van der Waals surface area contributed by atoms with Crippen LogP contribution in [-0.2, 0) is 16.1 Å². The van der Waals surface area contributed by atoms with E-state index in [9.17, 15) is 14.8 Å². The topological polar surface area (TPSA) is 109 Å². The van der Waals surface area contributed by atoms with Crippen LogP contribution in [0.3, 0.4) is 0 Å². The zero-order chi connectivity index (χ0) is 27.6. The van der Waals surface area contributed by atoms with Crippen LogP contribution < -0.4 is 10.1 Å². The fourth-order valence-electron chi connectivity index (χ4n) is 4.72. The van der Waals surface area contributed by atoms with E-state index in [1.807, 2.05) is 74.5 Å². The molecule has 1 fully saturated rings. The first kappa shape index (κ1) is 28.8. The molecule has 39 heavy (non-hydrogen) atoms. The van der Waals surface area contributed by atoms with Crippen molar-refractivity contribution < 1.29 is 24.3 Å². The second-order valence-electron chi connectivity index (χ2n) is 10.3. The summed E-state index contributed by atoms with van der Waals surface area (Å²) in [7, 11) is -1.63. The molecule has 1 aliphatic heterocycles. The van der Waals surface area contributed by atoms with Crippen molar-refractivity contribution in [3.63, 3.8) is 0 Å². The third-order valence-corrected chi connectivity index (χ3v) is 6.70. The van der Waals surface area contributed by atoms with Gasteiger partial charge in [0.25, 0.3) is 0 Å². The molecule has 0 aliphatic carbocycles. The molecule has 0 bridgehead atoms. The molecule has 0 radical (unpaired) electrons. The molecular weight excluding hydrogens is 495 g/mol. The van der Waals surface area contributed by atoms with Crippen molar-refractivity contribution in [1.82, 2.24) is 20.0 Å². The molecule has 2 aromatic carbocycles. The number of morpholine rings is 1. The quantitative estimate of drug-likeness (QED) is 0.229. The predicted octanol–water partition coefficient (Wildman–Crippen LogP) is 2.86. The highest BCUT2D eigenvalue weighted by Gasteiger charge is 2.26. The number of rotatable bonds is 13. The smallest absolute Gasteiger partial charge is 0.475 e. The Hall–Kier alpha value is -3.18. The van der Waals surface area contributed by atoms with Gasteiger partial charge in [0, 0.05) is 25.2 Å². The normalized spacial score (nSPS) is 14.8. The van der Waals surface area contributed by atoms with Crippen LogP contribution in [0.15, 0.2) is 60.7 Å². The molecule has 1 atom stereocenters. The van der Waals surface area contributed by atoms with Crippen molar-refractivity contribution in [3.8, 4) is 28.3 Å². The van der Waals surface area contributed by atoms with Crippen LogP contribution in [0.25, 0.3) is 22.5 Å². The first-order chi connectivity index (χ1) is 18.9. The largest absolute Gasteiger partial charge is 0.494 e. The molecule has 1 saturated heterocycles. The van der Waals surface area contributed by atoms with Gasteiger partial charge in [-0.25, -0.2) is 0 Å². The van der Waals surface area contributed by atoms with Gasteiger partial charge < -0.3 is 24.8 Å². The van der Waals surface area contributed by atoms with E-state index < -0.39 is 13.1 Å². The van der Waals surface area contributed by atoms with Crippen LogP contribution in [0, 0.1) is 5.92 Å². The molecular formula is C29H39BN4O5. The third-order valence-electron chi connectivity index (χ3n) is 6.70. The van der Waals surface area contributed by atoms with Gasteiger partial charge in [-0.2, -0.15) is 5.10 Å². The monoisotopic (exact) mass is 534 g/mol. The maximum atomic E-state index is 12.9. The summed E-state index contributed by atoms with van der Waals surface area (Å²) in [6.45, 7) is 9.03. The van der Waals surface area contributed by atoms with Crippen LogP contribution in [0.2, 0.25) is 0 Å². The first-order valence-electron chi connectivity index (χ1n) is 13.7. The molecule has 208 valence electrons. The number of ether oxygens (including phenoxy) is 2. The molecule has 3 aromatic rings. The second-order valence-corrected chi connectivity index (χ2v) is 10.3. The van der Waals surface area contributed by atoms with Crippen LogP contribution in [0.1, 0.15) is 26.7 Å². The average molecular weight is 534 g/mol. The maximum Gasteiger partial charge on any atom is 0.475 e. The lowest BCUT2D eigenvalue weighted by atomic mass is 9.75. The number of nitrogens with zero attached hydrogens (tertiary/aromatic N) is 3. The number of carbonyl (C=O) groups excluding carboxylic acids is 1. The van der Waals surface area contributed by atoms with E-state index in [0.29, 0.717) is 13.0 Å². The van der Waals surface area contributed by atoms with Gasteiger partial charge in [-0.05, 0) is 42.5 Å². The van der Waals surface area contributed by atoms with E-state index >= 15 is 0 Å². The van der Waals surface area contributed by atoms with Crippen molar-refractivity contribution in [2.45, 2.75) is 39.2 Å². The lowest BCUT2D eigenvalue weighted by Gasteiger charge is -2.26. The van der Waals surface area contributed by atoms with Crippen LogP contribution >= 0.6 is 0 Å². The van der Waals surface area contributed by atoms with Gasteiger partial charge in [0.05, 0.1) is 37.1 Å². The van der Waals surface area contributed by atoms with Gasteiger partial charge in [0.1, 0.15) is 12.3 Å². The molecule has 1 aromatic heterocycles. The molecule has 0 spiro atoms. The first-order valence-corrected chi connectivity index (χ1v) is 13.7.